The van der Waals surface area contributed by atoms with Crippen LogP contribution < -0.4 is 14.8 Å². The first kappa shape index (κ1) is 28.7. The third-order valence-electron chi connectivity index (χ3n) is 6.30. The van der Waals surface area contributed by atoms with Crippen LogP contribution in [0.15, 0.2) is 71.6 Å². The molecule has 0 aliphatic carbocycles. The molecule has 0 radical (unpaired) electrons. The fourth-order valence-electron chi connectivity index (χ4n) is 4.04. The summed E-state index contributed by atoms with van der Waals surface area (Å²) in [6, 6.07) is 16.5. The van der Waals surface area contributed by atoms with Crippen molar-refractivity contribution in [1.29, 1.82) is 0 Å². The molecular formula is C27H27Cl2N3O6S. The van der Waals surface area contributed by atoms with Crippen LogP contribution >= 0.6 is 23.2 Å². The van der Waals surface area contributed by atoms with Crippen LogP contribution in [0.4, 0.5) is 5.69 Å². The maximum Gasteiger partial charge on any atom is 0.262 e. The highest BCUT2D eigenvalue weighted by Gasteiger charge is 2.23. The highest BCUT2D eigenvalue weighted by atomic mass is 35.5. The van der Waals surface area contributed by atoms with Crippen molar-refractivity contribution in [2.24, 2.45) is 5.92 Å². The van der Waals surface area contributed by atoms with E-state index >= 15 is 0 Å². The third-order valence-corrected chi connectivity index (χ3v) is 8.21. The predicted octanol–water partition coefficient (Wildman–Crippen LogP) is 4.55. The number of piperidine rings is 1. The number of halogens is 2. The Morgan fingerprint density at radius 2 is 1.67 bits per heavy atom. The van der Waals surface area contributed by atoms with Crippen LogP contribution in [-0.4, -0.2) is 56.5 Å². The molecule has 4 rings (SSSR count). The van der Waals surface area contributed by atoms with Gasteiger partial charge in [0.05, 0.1) is 22.2 Å². The molecule has 12 heteroatoms. The van der Waals surface area contributed by atoms with E-state index in [0.717, 1.165) is 12.8 Å². The Morgan fingerprint density at radius 3 is 2.33 bits per heavy atom. The topological polar surface area (TPSA) is 125 Å². The zero-order valence-electron chi connectivity index (χ0n) is 20.8. The van der Waals surface area contributed by atoms with Crippen LogP contribution in [0.1, 0.15) is 23.2 Å². The molecule has 0 aromatic heterocycles. The maximum atomic E-state index is 13.1. The Kier molecular flexibility index (Phi) is 9.34. The molecule has 0 atom stereocenters. The second-order valence-corrected chi connectivity index (χ2v) is 11.5. The predicted molar refractivity (Wildman–Crippen MR) is 149 cm³/mol. The van der Waals surface area contributed by atoms with Gasteiger partial charge in [-0.25, -0.2) is 8.42 Å². The van der Waals surface area contributed by atoms with Crippen LogP contribution in [0.5, 0.6) is 11.5 Å². The summed E-state index contributed by atoms with van der Waals surface area (Å²) >= 11 is 12.1. The van der Waals surface area contributed by atoms with Crippen LogP contribution in [-0.2, 0) is 14.8 Å². The fraction of sp³-hybridized carbons (Fsp3) is 0.259. The molecule has 2 amide bonds. The van der Waals surface area contributed by atoms with Crippen molar-refractivity contribution in [2.45, 2.75) is 17.7 Å². The summed E-state index contributed by atoms with van der Waals surface area (Å²) in [6.07, 6.45) is 1.46. The molecule has 1 heterocycles. The quantitative estimate of drug-likeness (QED) is 0.335. The molecule has 3 aromatic rings. The summed E-state index contributed by atoms with van der Waals surface area (Å²) in [4.78, 5) is 26.5. The summed E-state index contributed by atoms with van der Waals surface area (Å²) in [5.74, 6) is 0.0339. The van der Waals surface area contributed by atoms with Gasteiger partial charge in [-0.2, -0.15) is 0 Å². The zero-order chi connectivity index (χ0) is 28.0. The number of carbonyl (C=O) groups excluding carboxylic acids is 2. The minimum Gasteiger partial charge on any atom is -0.454 e. The monoisotopic (exact) mass is 591 g/mol. The number of nitrogens with zero attached hydrogens (tertiary/aromatic N) is 1. The number of carbonyl (C=O) groups is 2. The Bertz CT molecular complexity index is 1440. The molecule has 206 valence electrons. The smallest absolute Gasteiger partial charge is 0.262 e. The number of amides is 2. The highest BCUT2D eigenvalue weighted by Crippen LogP contribution is 2.35. The molecule has 9 nitrogen and oxygen atoms in total. The van der Waals surface area contributed by atoms with Crippen LogP contribution in [0.3, 0.4) is 0 Å². The van der Waals surface area contributed by atoms with Crippen molar-refractivity contribution < 1.29 is 27.9 Å². The number of hydrogen-bond donors (Lipinski definition) is 3. The molecule has 3 N–H and O–H groups in total. The summed E-state index contributed by atoms with van der Waals surface area (Å²) in [7, 11) is -4.03. The van der Waals surface area contributed by atoms with Crippen molar-refractivity contribution in [1.82, 2.24) is 10.2 Å². The number of aliphatic hydroxyl groups excluding tert-OH is 1. The number of nitrogens with one attached hydrogen (secondary N) is 2. The number of para-hydroxylation sites is 2. The summed E-state index contributed by atoms with van der Waals surface area (Å²) in [6.45, 7) is 1.03. The van der Waals surface area contributed by atoms with Gasteiger partial charge in [-0.05, 0) is 73.4 Å². The van der Waals surface area contributed by atoms with E-state index in [9.17, 15) is 23.1 Å². The van der Waals surface area contributed by atoms with E-state index < -0.39 is 15.9 Å². The molecule has 0 saturated carbocycles. The Morgan fingerprint density at radius 1 is 0.974 bits per heavy atom. The maximum absolute atomic E-state index is 13.1. The summed E-state index contributed by atoms with van der Waals surface area (Å²) in [5.41, 5.74) is 0.397. The number of aliphatic hydroxyl groups is 1. The number of rotatable bonds is 9. The van der Waals surface area contributed by atoms with Crippen LogP contribution in [0.2, 0.25) is 10.0 Å². The van der Waals surface area contributed by atoms with Gasteiger partial charge in [0.25, 0.3) is 15.9 Å². The zero-order valence-corrected chi connectivity index (χ0v) is 23.1. The molecular weight excluding hydrogens is 565 g/mol. The van der Waals surface area contributed by atoms with E-state index in [2.05, 4.69) is 10.0 Å². The Hall–Kier alpha value is -3.31. The number of benzene rings is 3. The second-order valence-electron chi connectivity index (χ2n) is 8.99. The van der Waals surface area contributed by atoms with Crippen molar-refractivity contribution >= 4 is 50.7 Å². The van der Waals surface area contributed by atoms with Gasteiger partial charge in [0, 0.05) is 30.3 Å². The number of sulfonamides is 1. The Balaban J connectivity index is 1.38. The minimum atomic E-state index is -4.03. The number of ether oxygens (including phenoxy) is 1. The molecule has 39 heavy (non-hydrogen) atoms. The summed E-state index contributed by atoms with van der Waals surface area (Å²) in [5, 5.41) is 12.5. The van der Waals surface area contributed by atoms with Gasteiger partial charge < -0.3 is 20.1 Å². The normalized spacial score (nSPS) is 14.1. The van der Waals surface area contributed by atoms with Gasteiger partial charge in [-0.15, -0.1) is 0 Å². The standard InChI is InChI=1S/C27H27Cl2N3O6S/c28-20-7-10-24(22(29)15-20)38-25-4-2-1-3-23(25)31-39(36,37)21-8-5-19(6-9-21)27(35)30-16-26(34)32-13-11-18(17-33)12-14-32/h1-10,15,18,31,33H,11-14,16-17H2,(H,30,35). The first-order chi connectivity index (χ1) is 18.7. The molecule has 0 bridgehead atoms. The lowest BCUT2D eigenvalue weighted by atomic mass is 9.98. The first-order valence-electron chi connectivity index (χ1n) is 12.2. The molecule has 3 aromatic carbocycles. The lowest BCUT2D eigenvalue weighted by Gasteiger charge is -2.31. The molecule has 0 spiro atoms. The van der Waals surface area contributed by atoms with Gasteiger partial charge in [-0.1, -0.05) is 35.3 Å². The van der Waals surface area contributed by atoms with Crippen LogP contribution in [0.25, 0.3) is 0 Å². The molecule has 1 saturated heterocycles. The van der Waals surface area contributed by atoms with E-state index in [4.69, 9.17) is 27.9 Å². The fourth-order valence-corrected chi connectivity index (χ4v) is 5.56. The van der Waals surface area contributed by atoms with E-state index in [1.807, 2.05) is 0 Å². The van der Waals surface area contributed by atoms with Crippen molar-refractivity contribution in [3.05, 3.63) is 82.3 Å². The lowest BCUT2D eigenvalue weighted by molar-refractivity contribution is -0.131. The number of anilines is 1. The van der Waals surface area contributed by atoms with E-state index in [0.29, 0.717) is 23.9 Å². The van der Waals surface area contributed by atoms with E-state index in [-0.39, 0.29) is 51.9 Å². The molecule has 1 aliphatic heterocycles. The van der Waals surface area contributed by atoms with Crippen molar-refractivity contribution in [3.63, 3.8) is 0 Å². The van der Waals surface area contributed by atoms with E-state index in [1.54, 1.807) is 41.3 Å². The average molecular weight is 593 g/mol. The van der Waals surface area contributed by atoms with Crippen molar-refractivity contribution in [2.75, 3.05) is 31.0 Å². The minimum absolute atomic E-state index is 0.0683. The van der Waals surface area contributed by atoms with Gasteiger partial charge in [-0.3, -0.25) is 14.3 Å². The van der Waals surface area contributed by atoms with Gasteiger partial charge in [0.15, 0.2) is 5.75 Å². The van der Waals surface area contributed by atoms with Gasteiger partial charge >= 0.3 is 0 Å². The van der Waals surface area contributed by atoms with Crippen molar-refractivity contribution in [3.8, 4) is 11.5 Å². The second kappa shape index (κ2) is 12.7. The first-order valence-corrected chi connectivity index (χ1v) is 14.4. The van der Waals surface area contributed by atoms with Crippen LogP contribution in [0, 0.1) is 5.92 Å². The largest absolute Gasteiger partial charge is 0.454 e. The van der Waals surface area contributed by atoms with Gasteiger partial charge in [0.2, 0.25) is 5.91 Å². The lowest BCUT2D eigenvalue weighted by Crippen LogP contribution is -2.44. The average Bonchev–Trinajstić information content (AvgIpc) is 2.94. The SMILES string of the molecule is O=C(NCC(=O)N1CCC(CO)CC1)c1ccc(S(=O)(=O)Nc2ccccc2Oc2ccc(Cl)cc2Cl)cc1. The summed E-state index contributed by atoms with van der Waals surface area (Å²) < 4.78 is 34.4. The third kappa shape index (κ3) is 7.42. The molecule has 1 aliphatic rings. The number of likely N-dealkylation sites (tertiary alicyclic amines) is 1. The van der Waals surface area contributed by atoms with E-state index in [1.165, 1.54) is 30.3 Å². The molecule has 1 fully saturated rings. The highest BCUT2D eigenvalue weighted by molar-refractivity contribution is 7.92. The van der Waals surface area contributed by atoms with Gasteiger partial charge in [0.1, 0.15) is 5.75 Å². The Labute approximate surface area is 236 Å². The number of hydrogen-bond acceptors (Lipinski definition) is 6. The molecule has 0 unspecified atom stereocenters.